The number of hydrogen-bond acceptors (Lipinski definition) is 3. The van der Waals surface area contributed by atoms with Crippen molar-refractivity contribution in [1.82, 2.24) is 5.32 Å². The molecule has 0 spiro atoms. The molecule has 0 fully saturated rings. The van der Waals surface area contributed by atoms with Crippen LogP contribution in [0, 0.1) is 11.3 Å². The molecule has 1 aromatic rings. The lowest BCUT2D eigenvalue weighted by atomic mass is 10.1. The second-order valence-electron chi connectivity index (χ2n) is 3.15. The Labute approximate surface area is 104 Å². The lowest BCUT2D eigenvalue weighted by Crippen LogP contribution is -2.20. The molecule has 0 bridgehead atoms. The topological polar surface area (TPSA) is 45.0 Å². The quantitative estimate of drug-likeness (QED) is 0.844. The Morgan fingerprint density at radius 3 is 3.00 bits per heavy atom. The van der Waals surface area contributed by atoms with E-state index in [1.165, 1.54) is 0 Å². The molecule has 1 unspecified atom stereocenters. The van der Waals surface area contributed by atoms with Crippen molar-refractivity contribution in [2.75, 3.05) is 13.7 Å². The number of hydrogen-bond donors (Lipinski definition) is 1. The summed E-state index contributed by atoms with van der Waals surface area (Å²) in [5, 5.41) is 12.1. The van der Waals surface area contributed by atoms with Crippen molar-refractivity contribution in [2.24, 2.45) is 0 Å². The van der Waals surface area contributed by atoms with Crippen molar-refractivity contribution in [3.8, 4) is 11.8 Å². The molecule has 0 heterocycles. The maximum absolute atomic E-state index is 9.09. The number of benzene rings is 1. The van der Waals surface area contributed by atoms with E-state index >= 15 is 0 Å². The van der Waals surface area contributed by atoms with E-state index in [1.807, 2.05) is 18.2 Å². The highest BCUT2D eigenvalue weighted by Gasteiger charge is 2.13. The Bertz CT molecular complexity index is 412. The standard InChI is InChI=1S/C12H13BrN2O/c1-3-6-15-12(8-14)10-7-9(16-2)4-5-11(10)13/h3-5,7,12,15H,1,6H2,2H3. The molecule has 0 aliphatic carbocycles. The van der Waals surface area contributed by atoms with Gasteiger partial charge in [0, 0.05) is 16.6 Å². The van der Waals surface area contributed by atoms with Crippen molar-refractivity contribution in [3.05, 3.63) is 40.9 Å². The monoisotopic (exact) mass is 280 g/mol. The molecule has 0 saturated heterocycles. The number of ether oxygens (including phenoxy) is 1. The summed E-state index contributed by atoms with van der Waals surface area (Å²) in [7, 11) is 1.60. The SMILES string of the molecule is C=CCNC(C#N)c1cc(OC)ccc1Br. The summed E-state index contributed by atoms with van der Waals surface area (Å²) >= 11 is 3.42. The Morgan fingerprint density at radius 2 is 2.44 bits per heavy atom. The zero-order valence-electron chi connectivity index (χ0n) is 9.03. The Hall–Kier alpha value is -1.31. The van der Waals surface area contributed by atoms with Crippen LogP contribution in [0.4, 0.5) is 0 Å². The molecule has 1 rings (SSSR count). The summed E-state index contributed by atoms with van der Waals surface area (Å²) in [5.74, 6) is 0.735. The maximum atomic E-state index is 9.09. The van der Waals surface area contributed by atoms with Crippen molar-refractivity contribution >= 4 is 15.9 Å². The largest absolute Gasteiger partial charge is 0.497 e. The van der Waals surface area contributed by atoms with Crippen LogP contribution < -0.4 is 10.1 Å². The molecule has 3 nitrogen and oxygen atoms in total. The molecule has 84 valence electrons. The first-order valence-electron chi connectivity index (χ1n) is 4.80. The molecule has 0 aliphatic rings. The number of nitriles is 1. The highest BCUT2D eigenvalue weighted by atomic mass is 79.9. The average molecular weight is 281 g/mol. The van der Waals surface area contributed by atoms with E-state index in [4.69, 9.17) is 10.00 Å². The minimum Gasteiger partial charge on any atom is -0.497 e. The fraction of sp³-hybridized carbons (Fsp3) is 0.250. The smallest absolute Gasteiger partial charge is 0.122 e. The first-order chi connectivity index (χ1) is 7.72. The van der Waals surface area contributed by atoms with Gasteiger partial charge in [-0.15, -0.1) is 6.58 Å². The number of halogens is 1. The van der Waals surface area contributed by atoms with Gasteiger partial charge >= 0.3 is 0 Å². The predicted octanol–water partition coefficient (Wildman–Crippen LogP) is 2.80. The summed E-state index contributed by atoms with van der Waals surface area (Å²) in [6.45, 7) is 4.19. The molecule has 4 heteroatoms. The van der Waals surface area contributed by atoms with E-state index in [2.05, 4.69) is 33.9 Å². The number of nitrogens with zero attached hydrogens (tertiary/aromatic N) is 1. The number of rotatable bonds is 5. The van der Waals surface area contributed by atoms with E-state index in [-0.39, 0.29) is 6.04 Å². The molecule has 0 amide bonds. The van der Waals surface area contributed by atoms with E-state index in [1.54, 1.807) is 13.2 Å². The van der Waals surface area contributed by atoms with E-state index in [9.17, 15) is 0 Å². The molecule has 0 aromatic heterocycles. The van der Waals surface area contributed by atoms with Gasteiger partial charge in [-0.1, -0.05) is 22.0 Å². The van der Waals surface area contributed by atoms with Crippen LogP contribution >= 0.6 is 15.9 Å². The van der Waals surface area contributed by atoms with Crippen LogP contribution in [-0.2, 0) is 0 Å². The summed E-state index contributed by atoms with van der Waals surface area (Å²) in [6.07, 6.45) is 1.72. The van der Waals surface area contributed by atoms with Gasteiger partial charge in [-0.3, -0.25) is 5.32 Å². The summed E-state index contributed by atoms with van der Waals surface area (Å²) in [6, 6.07) is 7.38. The van der Waals surface area contributed by atoms with Gasteiger partial charge in [0.25, 0.3) is 0 Å². The zero-order chi connectivity index (χ0) is 12.0. The minimum atomic E-state index is -0.373. The van der Waals surface area contributed by atoms with Gasteiger partial charge in [0.05, 0.1) is 13.2 Å². The summed E-state index contributed by atoms with van der Waals surface area (Å²) < 4.78 is 6.02. The van der Waals surface area contributed by atoms with Gasteiger partial charge < -0.3 is 4.74 Å². The predicted molar refractivity (Wildman–Crippen MR) is 67.2 cm³/mol. The second-order valence-corrected chi connectivity index (χ2v) is 4.00. The van der Waals surface area contributed by atoms with Crippen LogP contribution in [0.5, 0.6) is 5.75 Å². The van der Waals surface area contributed by atoms with Crippen LogP contribution in [0.3, 0.4) is 0 Å². The molecule has 1 atom stereocenters. The van der Waals surface area contributed by atoms with Crippen molar-refractivity contribution in [3.63, 3.8) is 0 Å². The molecular formula is C12H13BrN2O. The summed E-state index contributed by atoms with van der Waals surface area (Å²) in [5.41, 5.74) is 0.865. The highest BCUT2D eigenvalue weighted by molar-refractivity contribution is 9.10. The second kappa shape index (κ2) is 6.31. The van der Waals surface area contributed by atoms with Gasteiger partial charge in [-0.25, -0.2) is 0 Å². The van der Waals surface area contributed by atoms with Crippen LogP contribution in [0.2, 0.25) is 0 Å². The van der Waals surface area contributed by atoms with Gasteiger partial charge in [0.15, 0.2) is 0 Å². The number of methoxy groups -OCH3 is 1. The maximum Gasteiger partial charge on any atom is 0.122 e. The normalized spacial score (nSPS) is 11.6. The lowest BCUT2D eigenvalue weighted by molar-refractivity contribution is 0.413. The third kappa shape index (κ3) is 3.09. The van der Waals surface area contributed by atoms with Crippen molar-refractivity contribution in [1.29, 1.82) is 5.26 Å². The van der Waals surface area contributed by atoms with Crippen molar-refractivity contribution in [2.45, 2.75) is 6.04 Å². The average Bonchev–Trinajstić information content (AvgIpc) is 2.32. The molecule has 1 aromatic carbocycles. The fourth-order valence-electron chi connectivity index (χ4n) is 1.30. The van der Waals surface area contributed by atoms with Gasteiger partial charge in [0.1, 0.15) is 11.8 Å². The minimum absolute atomic E-state index is 0.373. The van der Waals surface area contributed by atoms with E-state index in [0.29, 0.717) is 6.54 Å². The van der Waals surface area contributed by atoms with Crippen LogP contribution in [0.15, 0.2) is 35.3 Å². The van der Waals surface area contributed by atoms with Gasteiger partial charge in [0.2, 0.25) is 0 Å². The third-order valence-corrected chi connectivity index (χ3v) is 2.83. The Balaban J connectivity index is 2.99. The molecule has 1 N–H and O–H groups in total. The highest BCUT2D eigenvalue weighted by Crippen LogP contribution is 2.27. The first-order valence-corrected chi connectivity index (χ1v) is 5.59. The number of nitrogens with one attached hydrogen (secondary N) is 1. The summed E-state index contributed by atoms with van der Waals surface area (Å²) in [4.78, 5) is 0. The van der Waals surface area contributed by atoms with E-state index < -0.39 is 0 Å². The first kappa shape index (κ1) is 12.8. The third-order valence-electron chi connectivity index (χ3n) is 2.11. The van der Waals surface area contributed by atoms with E-state index in [0.717, 1.165) is 15.8 Å². The zero-order valence-corrected chi connectivity index (χ0v) is 10.6. The van der Waals surface area contributed by atoms with Crippen LogP contribution in [0.25, 0.3) is 0 Å². The fourth-order valence-corrected chi connectivity index (χ4v) is 1.77. The molecule has 0 saturated carbocycles. The van der Waals surface area contributed by atoms with Crippen LogP contribution in [-0.4, -0.2) is 13.7 Å². The van der Waals surface area contributed by atoms with Crippen molar-refractivity contribution < 1.29 is 4.74 Å². The Kier molecular flexibility index (Phi) is 5.03. The molecular weight excluding hydrogens is 268 g/mol. The lowest BCUT2D eigenvalue weighted by Gasteiger charge is -2.13. The molecule has 16 heavy (non-hydrogen) atoms. The Morgan fingerprint density at radius 1 is 1.69 bits per heavy atom. The molecule has 0 aliphatic heterocycles. The van der Waals surface area contributed by atoms with Gasteiger partial charge in [-0.05, 0) is 18.2 Å². The van der Waals surface area contributed by atoms with Gasteiger partial charge in [-0.2, -0.15) is 5.26 Å². The molecule has 0 radical (unpaired) electrons. The van der Waals surface area contributed by atoms with Crippen LogP contribution in [0.1, 0.15) is 11.6 Å².